The summed E-state index contributed by atoms with van der Waals surface area (Å²) < 4.78 is 32.7. The van der Waals surface area contributed by atoms with Gasteiger partial charge in [-0.1, -0.05) is 159 Å². The predicted molar refractivity (Wildman–Crippen MR) is 235 cm³/mol. The fourth-order valence-corrected chi connectivity index (χ4v) is 6.74. The van der Waals surface area contributed by atoms with Gasteiger partial charge >= 0.3 is 25.7 Å². The molecule has 0 aliphatic heterocycles. The Labute approximate surface area is 352 Å². The molecule has 0 saturated carbocycles. The topological polar surface area (TPSA) is 172 Å². The summed E-state index contributed by atoms with van der Waals surface area (Å²) in [5, 5.41) is 8.89. The zero-order valence-corrected chi connectivity index (χ0v) is 37.3. The summed E-state index contributed by atoms with van der Waals surface area (Å²) in [5.74, 6) is -2.45. The lowest BCUT2D eigenvalue weighted by Crippen LogP contribution is -2.34. The van der Waals surface area contributed by atoms with Gasteiger partial charge in [-0.25, -0.2) is 4.57 Å². The number of carboxylic acid groups (broad SMARTS) is 1. The minimum Gasteiger partial charge on any atom is -0.480 e. The first-order chi connectivity index (χ1) is 28.1. The predicted octanol–water partition coefficient (Wildman–Crippen LogP) is 12.2. The number of phosphoric ester groups is 1. The highest BCUT2D eigenvalue weighted by atomic mass is 31.2. The van der Waals surface area contributed by atoms with Gasteiger partial charge in [-0.15, -0.1) is 0 Å². The highest BCUT2D eigenvalue weighted by Crippen LogP contribution is 2.43. The van der Waals surface area contributed by atoms with Crippen molar-refractivity contribution in [2.45, 2.75) is 206 Å². The lowest BCUT2D eigenvalue weighted by molar-refractivity contribution is -0.161. The molecule has 12 heteroatoms. The van der Waals surface area contributed by atoms with Crippen LogP contribution in [0.25, 0.3) is 0 Å². The average Bonchev–Trinajstić information content (AvgIpc) is 3.20. The summed E-state index contributed by atoms with van der Waals surface area (Å²) >= 11 is 0. The minimum absolute atomic E-state index is 0.145. The van der Waals surface area contributed by atoms with E-state index in [0.29, 0.717) is 19.3 Å². The van der Waals surface area contributed by atoms with E-state index in [1.54, 1.807) is 0 Å². The van der Waals surface area contributed by atoms with Crippen molar-refractivity contribution in [2.24, 2.45) is 5.73 Å². The van der Waals surface area contributed by atoms with E-state index in [1.807, 2.05) is 6.08 Å². The van der Waals surface area contributed by atoms with Gasteiger partial charge in [0.25, 0.3) is 0 Å². The third kappa shape index (κ3) is 40.2. The lowest BCUT2D eigenvalue weighted by Gasteiger charge is -2.20. The molecule has 3 atom stereocenters. The van der Waals surface area contributed by atoms with Crippen LogP contribution in [0, 0.1) is 0 Å². The summed E-state index contributed by atoms with van der Waals surface area (Å²) in [6, 6.07) is -1.53. The molecule has 0 rings (SSSR count). The van der Waals surface area contributed by atoms with E-state index in [-0.39, 0.29) is 19.4 Å². The monoisotopic (exact) mass is 840 g/mol. The first kappa shape index (κ1) is 55.4. The fraction of sp³-hybridized carbons (Fsp3) is 0.761. The van der Waals surface area contributed by atoms with Crippen molar-refractivity contribution in [1.29, 1.82) is 0 Å². The Morgan fingerprint density at radius 1 is 0.534 bits per heavy atom. The molecular weight excluding hydrogens is 757 g/mol. The average molecular weight is 840 g/mol. The number of carboxylic acids is 1. The summed E-state index contributed by atoms with van der Waals surface area (Å²) in [6.07, 6.45) is 46.1. The van der Waals surface area contributed by atoms with Gasteiger partial charge < -0.3 is 25.2 Å². The number of carbonyl (C=O) groups is 3. The van der Waals surface area contributed by atoms with Crippen LogP contribution in [-0.4, -0.2) is 59.9 Å². The number of hydrogen-bond donors (Lipinski definition) is 3. The molecule has 0 aliphatic carbocycles. The van der Waals surface area contributed by atoms with Crippen molar-refractivity contribution in [3.63, 3.8) is 0 Å². The number of allylic oxidation sites excluding steroid dienone is 8. The number of esters is 2. The number of aliphatic carboxylic acids is 1. The number of phosphoric acid groups is 1. The Bertz CT molecular complexity index is 1170. The van der Waals surface area contributed by atoms with E-state index in [4.69, 9.17) is 24.8 Å². The van der Waals surface area contributed by atoms with Crippen LogP contribution >= 0.6 is 7.82 Å². The third-order valence-corrected chi connectivity index (χ3v) is 10.5. The Morgan fingerprint density at radius 2 is 0.931 bits per heavy atom. The number of rotatable bonds is 42. The molecule has 0 aromatic rings. The second-order valence-corrected chi connectivity index (χ2v) is 16.6. The molecular formula is C46H82NO10P. The number of carbonyl (C=O) groups excluding carboxylic acids is 2. The molecule has 336 valence electrons. The molecule has 0 amide bonds. The van der Waals surface area contributed by atoms with Crippen molar-refractivity contribution < 1.29 is 47.5 Å². The van der Waals surface area contributed by atoms with Gasteiger partial charge in [0.1, 0.15) is 12.6 Å². The van der Waals surface area contributed by atoms with Crippen LogP contribution in [0.15, 0.2) is 48.6 Å². The van der Waals surface area contributed by atoms with Crippen molar-refractivity contribution in [2.75, 3.05) is 19.8 Å². The van der Waals surface area contributed by atoms with Gasteiger partial charge in [-0.05, 0) is 70.6 Å². The third-order valence-electron chi connectivity index (χ3n) is 9.55. The highest BCUT2D eigenvalue weighted by molar-refractivity contribution is 7.47. The van der Waals surface area contributed by atoms with E-state index < -0.39 is 51.1 Å². The molecule has 0 bridgehead atoms. The number of nitrogens with two attached hydrogens (primary N) is 1. The van der Waals surface area contributed by atoms with E-state index in [1.165, 1.54) is 96.3 Å². The van der Waals surface area contributed by atoms with Crippen LogP contribution in [0.2, 0.25) is 0 Å². The largest absolute Gasteiger partial charge is 0.480 e. The second-order valence-electron chi connectivity index (χ2n) is 15.2. The zero-order valence-electron chi connectivity index (χ0n) is 36.4. The molecule has 0 radical (unpaired) electrons. The first-order valence-corrected chi connectivity index (χ1v) is 24.2. The standard InChI is InChI=1S/C46H82NO10P/c1-3-5-7-9-11-13-15-17-19-21-23-25-27-29-31-33-35-37-44(48)54-39-42(40-55-58(52,53)56-41-43(47)46(50)51)57-45(49)38-36-34-32-30-28-26-24-22-20-18-16-14-12-10-8-6-4-2/h17-20,23,25,29,31,42-43H,3-16,21-22,24,26-28,30,32-41,47H2,1-2H3,(H,50,51)(H,52,53)/b19-17-,20-18-,25-23-,31-29-/t42-,43+/m1/s1. The summed E-state index contributed by atoms with van der Waals surface area (Å²) in [7, 11) is -4.73. The second kappa shape index (κ2) is 41.2. The Morgan fingerprint density at radius 3 is 1.43 bits per heavy atom. The molecule has 0 aliphatic rings. The first-order valence-electron chi connectivity index (χ1n) is 22.7. The molecule has 11 nitrogen and oxygen atoms in total. The highest BCUT2D eigenvalue weighted by Gasteiger charge is 2.28. The van der Waals surface area contributed by atoms with Gasteiger partial charge in [0.2, 0.25) is 0 Å². The Balaban J connectivity index is 4.43. The van der Waals surface area contributed by atoms with Crippen molar-refractivity contribution in [3.8, 4) is 0 Å². The maximum Gasteiger partial charge on any atom is 0.472 e. The molecule has 4 N–H and O–H groups in total. The summed E-state index contributed by atoms with van der Waals surface area (Å²) in [5.41, 5.74) is 5.33. The van der Waals surface area contributed by atoms with E-state index in [9.17, 15) is 23.8 Å². The van der Waals surface area contributed by atoms with Gasteiger partial charge in [0, 0.05) is 12.8 Å². The molecule has 0 aromatic carbocycles. The van der Waals surface area contributed by atoms with Crippen LogP contribution in [0.3, 0.4) is 0 Å². The lowest BCUT2D eigenvalue weighted by atomic mass is 10.1. The zero-order chi connectivity index (χ0) is 42.8. The van der Waals surface area contributed by atoms with Crippen LogP contribution < -0.4 is 5.73 Å². The normalized spacial score (nSPS) is 14.1. The van der Waals surface area contributed by atoms with Gasteiger partial charge in [-0.2, -0.15) is 0 Å². The van der Waals surface area contributed by atoms with E-state index >= 15 is 0 Å². The number of ether oxygens (including phenoxy) is 2. The quantitative estimate of drug-likeness (QED) is 0.0231. The van der Waals surface area contributed by atoms with Crippen molar-refractivity contribution >= 4 is 25.7 Å². The molecule has 58 heavy (non-hydrogen) atoms. The van der Waals surface area contributed by atoms with Gasteiger partial charge in [0.05, 0.1) is 13.2 Å². The molecule has 0 aromatic heterocycles. The Hall–Kier alpha value is -2.56. The van der Waals surface area contributed by atoms with Gasteiger partial charge in [0.15, 0.2) is 6.10 Å². The number of unbranched alkanes of at least 4 members (excludes halogenated alkanes) is 20. The smallest absolute Gasteiger partial charge is 0.472 e. The van der Waals surface area contributed by atoms with Crippen LogP contribution in [0.1, 0.15) is 194 Å². The maximum absolute atomic E-state index is 12.6. The van der Waals surface area contributed by atoms with Crippen LogP contribution in [0.4, 0.5) is 0 Å². The summed E-state index contributed by atoms with van der Waals surface area (Å²) in [6.45, 7) is 2.74. The van der Waals surface area contributed by atoms with Crippen LogP contribution in [-0.2, 0) is 37.5 Å². The molecule has 0 heterocycles. The SMILES string of the molecule is CCCCCCCC/C=C\C/C=C\C/C=C\CCCC(=O)OC[C@H](COP(=O)(O)OC[C@H](N)C(=O)O)OC(=O)CCCCCCCCC/C=C\CCCCCCCC. The van der Waals surface area contributed by atoms with Crippen molar-refractivity contribution in [1.82, 2.24) is 0 Å². The molecule has 1 unspecified atom stereocenters. The van der Waals surface area contributed by atoms with Crippen molar-refractivity contribution in [3.05, 3.63) is 48.6 Å². The van der Waals surface area contributed by atoms with Crippen LogP contribution in [0.5, 0.6) is 0 Å². The number of hydrogen-bond acceptors (Lipinski definition) is 9. The summed E-state index contributed by atoms with van der Waals surface area (Å²) in [4.78, 5) is 46.0. The van der Waals surface area contributed by atoms with Gasteiger partial charge in [-0.3, -0.25) is 23.4 Å². The Kier molecular flexibility index (Phi) is 39.4. The molecule has 0 spiro atoms. The fourth-order valence-electron chi connectivity index (χ4n) is 5.96. The molecule has 0 fully saturated rings. The minimum atomic E-state index is -4.73. The maximum atomic E-state index is 12.6. The molecule has 0 saturated heterocycles. The van der Waals surface area contributed by atoms with E-state index in [0.717, 1.165) is 51.4 Å². The van der Waals surface area contributed by atoms with E-state index in [2.05, 4.69) is 60.9 Å².